The van der Waals surface area contributed by atoms with Gasteiger partial charge in [-0.05, 0) is 18.4 Å². The van der Waals surface area contributed by atoms with Crippen LogP contribution >= 0.6 is 0 Å². The second kappa shape index (κ2) is 6.61. The van der Waals surface area contributed by atoms with Crippen molar-refractivity contribution in [1.82, 2.24) is 19.8 Å². The van der Waals surface area contributed by atoms with E-state index in [0.717, 1.165) is 38.3 Å². The van der Waals surface area contributed by atoms with E-state index in [1.165, 1.54) is 5.56 Å². The molecule has 1 saturated heterocycles. The smallest absolute Gasteiger partial charge is 0.250 e. The van der Waals surface area contributed by atoms with Crippen LogP contribution in [0.1, 0.15) is 24.2 Å². The van der Waals surface area contributed by atoms with Gasteiger partial charge in [0.25, 0.3) is 5.91 Å². The lowest BCUT2D eigenvalue weighted by atomic mass is 9.88. The predicted molar refractivity (Wildman–Crippen MR) is 93.8 cm³/mol. The van der Waals surface area contributed by atoms with E-state index in [2.05, 4.69) is 44.0 Å². The van der Waals surface area contributed by atoms with Gasteiger partial charge < -0.3 is 14.6 Å². The fraction of sp³-hybridized carbons (Fsp3) is 0.474. The molecule has 0 saturated carbocycles. The van der Waals surface area contributed by atoms with Crippen molar-refractivity contribution >= 4 is 5.91 Å². The standard InChI is InChI=1S/C19H24N4O2/c1-20-17(24)16-14-23-12-9-21-18(23)19(25-16)7-10-22(11-8-19)13-15-5-3-2-4-6-15/h2-6,9,12,16H,7-8,10-11,13-14H2,1H3,(H,20,24)/t16-/m1/s1. The van der Waals surface area contributed by atoms with Crippen LogP contribution in [0, 0.1) is 0 Å². The highest BCUT2D eigenvalue weighted by Crippen LogP contribution is 2.40. The Balaban J connectivity index is 1.50. The van der Waals surface area contributed by atoms with Crippen molar-refractivity contribution in [2.45, 2.75) is 37.6 Å². The van der Waals surface area contributed by atoms with Crippen molar-refractivity contribution in [1.29, 1.82) is 0 Å². The van der Waals surface area contributed by atoms with Gasteiger partial charge in [-0.15, -0.1) is 0 Å². The summed E-state index contributed by atoms with van der Waals surface area (Å²) in [5.41, 5.74) is 0.874. The van der Waals surface area contributed by atoms with Crippen LogP contribution in [0.15, 0.2) is 42.7 Å². The molecule has 0 radical (unpaired) electrons. The maximum absolute atomic E-state index is 12.1. The van der Waals surface area contributed by atoms with Gasteiger partial charge in [0, 0.05) is 39.1 Å². The molecule has 0 bridgehead atoms. The number of rotatable bonds is 3. The molecule has 1 spiro atoms. The second-order valence-corrected chi connectivity index (χ2v) is 6.88. The van der Waals surface area contributed by atoms with Gasteiger partial charge in [0.05, 0.1) is 6.54 Å². The molecule has 1 aromatic carbocycles. The number of hydrogen-bond acceptors (Lipinski definition) is 4. The number of carbonyl (C=O) groups is 1. The Morgan fingerprint density at radius 1 is 1.32 bits per heavy atom. The molecule has 2 aliphatic rings. The molecule has 1 amide bonds. The lowest BCUT2D eigenvalue weighted by Gasteiger charge is -2.45. The van der Waals surface area contributed by atoms with Crippen LogP contribution in [0.2, 0.25) is 0 Å². The summed E-state index contributed by atoms with van der Waals surface area (Å²) in [6.45, 7) is 3.35. The fourth-order valence-corrected chi connectivity index (χ4v) is 3.95. The average molecular weight is 340 g/mol. The highest BCUT2D eigenvalue weighted by molar-refractivity contribution is 5.80. The molecular weight excluding hydrogens is 316 g/mol. The molecule has 2 aliphatic heterocycles. The highest BCUT2D eigenvalue weighted by atomic mass is 16.5. The molecule has 1 fully saturated rings. The Bertz CT molecular complexity index is 735. The van der Waals surface area contributed by atoms with Gasteiger partial charge >= 0.3 is 0 Å². The van der Waals surface area contributed by atoms with Crippen molar-refractivity contribution in [3.05, 3.63) is 54.1 Å². The van der Waals surface area contributed by atoms with Crippen molar-refractivity contribution in [2.75, 3.05) is 20.1 Å². The Hall–Kier alpha value is -2.18. The van der Waals surface area contributed by atoms with E-state index >= 15 is 0 Å². The Labute approximate surface area is 147 Å². The zero-order valence-electron chi connectivity index (χ0n) is 14.5. The van der Waals surface area contributed by atoms with Gasteiger partial charge in [0.2, 0.25) is 0 Å². The first-order chi connectivity index (χ1) is 12.2. The van der Waals surface area contributed by atoms with Crippen molar-refractivity contribution in [3.63, 3.8) is 0 Å². The average Bonchev–Trinajstić information content (AvgIpc) is 3.13. The van der Waals surface area contributed by atoms with Gasteiger partial charge in [0.15, 0.2) is 6.10 Å². The monoisotopic (exact) mass is 340 g/mol. The number of fused-ring (bicyclic) bond motifs is 2. The zero-order valence-corrected chi connectivity index (χ0v) is 14.5. The minimum absolute atomic E-state index is 0.0644. The lowest BCUT2D eigenvalue weighted by Crippen LogP contribution is -2.53. The first-order valence-electron chi connectivity index (χ1n) is 8.87. The van der Waals surface area contributed by atoms with E-state index in [9.17, 15) is 4.79 Å². The van der Waals surface area contributed by atoms with Gasteiger partial charge in [-0.2, -0.15) is 0 Å². The van der Waals surface area contributed by atoms with E-state index in [1.54, 1.807) is 7.05 Å². The Morgan fingerprint density at radius 3 is 2.80 bits per heavy atom. The number of benzene rings is 1. The molecular formula is C19H24N4O2. The largest absolute Gasteiger partial charge is 0.357 e. The van der Waals surface area contributed by atoms with Crippen LogP contribution in [0.5, 0.6) is 0 Å². The minimum Gasteiger partial charge on any atom is -0.357 e. The molecule has 6 nitrogen and oxygen atoms in total. The quantitative estimate of drug-likeness (QED) is 0.920. The molecule has 0 unspecified atom stereocenters. The number of ether oxygens (including phenoxy) is 1. The van der Waals surface area contributed by atoms with Crippen LogP contribution in [0.3, 0.4) is 0 Å². The number of aromatic nitrogens is 2. The molecule has 1 N–H and O–H groups in total. The number of carbonyl (C=O) groups excluding carboxylic acids is 1. The summed E-state index contributed by atoms with van der Waals surface area (Å²) in [7, 11) is 1.66. The zero-order chi connectivity index (χ0) is 17.3. The number of nitrogens with one attached hydrogen (secondary N) is 1. The van der Waals surface area contributed by atoms with Gasteiger partial charge in [0.1, 0.15) is 11.4 Å². The van der Waals surface area contributed by atoms with Crippen LogP contribution in [0.4, 0.5) is 0 Å². The molecule has 1 atom stereocenters. The summed E-state index contributed by atoms with van der Waals surface area (Å²) < 4.78 is 8.41. The molecule has 3 heterocycles. The fourth-order valence-electron chi connectivity index (χ4n) is 3.95. The maximum Gasteiger partial charge on any atom is 0.250 e. The summed E-state index contributed by atoms with van der Waals surface area (Å²) in [6.07, 6.45) is 5.01. The van der Waals surface area contributed by atoms with Crippen molar-refractivity contribution < 1.29 is 9.53 Å². The first kappa shape index (κ1) is 16.3. The molecule has 25 heavy (non-hydrogen) atoms. The van der Waals surface area contributed by atoms with Crippen LogP contribution < -0.4 is 5.32 Å². The van der Waals surface area contributed by atoms with Crippen molar-refractivity contribution in [2.24, 2.45) is 0 Å². The van der Waals surface area contributed by atoms with Gasteiger partial charge in [-0.1, -0.05) is 30.3 Å². The predicted octanol–water partition coefficient (Wildman–Crippen LogP) is 1.52. The van der Waals surface area contributed by atoms with E-state index in [1.807, 2.05) is 18.5 Å². The molecule has 2 aromatic rings. The van der Waals surface area contributed by atoms with E-state index in [-0.39, 0.29) is 5.91 Å². The summed E-state index contributed by atoms with van der Waals surface area (Å²) in [6, 6.07) is 10.5. The minimum atomic E-state index is -0.452. The van der Waals surface area contributed by atoms with Gasteiger partial charge in [-0.25, -0.2) is 4.98 Å². The third-order valence-electron chi connectivity index (χ3n) is 5.30. The molecule has 6 heteroatoms. The van der Waals surface area contributed by atoms with E-state index in [4.69, 9.17) is 4.74 Å². The third kappa shape index (κ3) is 3.07. The summed E-state index contributed by atoms with van der Waals surface area (Å²) in [5, 5.41) is 2.71. The number of amides is 1. The Kier molecular flexibility index (Phi) is 4.31. The van der Waals surface area contributed by atoms with Gasteiger partial charge in [-0.3, -0.25) is 9.69 Å². The number of hydrogen-bond donors (Lipinski definition) is 1. The van der Waals surface area contributed by atoms with Crippen LogP contribution in [-0.4, -0.2) is 46.6 Å². The van der Waals surface area contributed by atoms with E-state index in [0.29, 0.717) is 6.54 Å². The normalized spacial score (nSPS) is 22.5. The van der Waals surface area contributed by atoms with Crippen LogP contribution in [-0.2, 0) is 28.2 Å². The number of piperidine rings is 1. The number of imidazole rings is 1. The van der Waals surface area contributed by atoms with Crippen molar-refractivity contribution in [3.8, 4) is 0 Å². The SMILES string of the molecule is CNC(=O)[C@H]1Cn2ccnc2C2(CCN(Cc3ccccc3)CC2)O1. The summed E-state index contributed by atoms with van der Waals surface area (Å²) in [4.78, 5) is 19.1. The van der Waals surface area contributed by atoms with E-state index < -0.39 is 11.7 Å². The number of nitrogens with zero attached hydrogens (tertiary/aromatic N) is 3. The molecule has 132 valence electrons. The maximum atomic E-state index is 12.1. The Morgan fingerprint density at radius 2 is 2.08 bits per heavy atom. The lowest BCUT2D eigenvalue weighted by molar-refractivity contribution is -0.173. The molecule has 4 rings (SSSR count). The summed E-state index contributed by atoms with van der Waals surface area (Å²) >= 11 is 0. The second-order valence-electron chi connectivity index (χ2n) is 6.88. The number of likely N-dealkylation sites (tertiary alicyclic amines) is 1. The highest BCUT2D eigenvalue weighted by Gasteiger charge is 2.46. The molecule has 0 aliphatic carbocycles. The third-order valence-corrected chi connectivity index (χ3v) is 5.30. The van der Waals surface area contributed by atoms with Crippen LogP contribution in [0.25, 0.3) is 0 Å². The first-order valence-corrected chi connectivity index (χ1v) is 8.87. The molecule has 1 aromatic heterocycles. The topological polar surface area (TPSA) is 59.4 Å². The summed E-state index contributed by atoms with van der Waals surface area (Å²) in [5.74, 6) is 0.900. The number of likely N-dealkylation sites (N-methyl/N-ethyl adjacent to an activating group) is 1.